The fourth-order valence-electron chi connectivity index (χ4n) is 3.38. The van der Waals surface area contributed by atoms with Crippen molar-refractivity contribution in [3.63, 3.8) is 0 Å². The first-order valence-corrected chi connectivity index (χ1v) is 9.54. The van der Waals surface area contributed by atoms with Crippen molar-refractivity contribution in [1.82, 2.24) is 4.90 Å². The SMILES string of the molecule is COc1ccc(C)cc1C=CC(=O)N1CCC(C(=O)Nc2ccccc2)CC1. The van der Waals surface area contributed by atoms with Crippen LogP contribution in [0.4, 0.5) is 5.69 Å². The highest BCUT2D eigenvalue weighted by Crippen LogP contribution is 2.22. The number of piperidine rings is 1. The molecule has 1 aliphatic rings. The summed E-state index contributed by atoms with van der Waals surface area (Å²) < 4.78 is 5.35. The zero-order chi connectivity index (χ0) is 19.9. The van der Waals surface area contributed by atoms with Crippen LogP contribution in [0.25, 0.3) is 6.08 Å². The Morgan fingerprint density at radius 2 is 1.82 bits per heavy atom. The molecular formula is C23H26N2O3. The molecule has 1 aliphatic heterocycles. The molecular weight excluding hydrogens is 352 g/mol. The van der Waals surface area contributed by atoms with Crippen molar-refractivity contribution in [2.24, 2.45) is 5.92 Å². The number of para-hydroxylation sites is 1. The smallest absolute Gasteiger partial charge is 0.246 e. The van der Waals surface area contributed by atoms with Crippen molar-refractivity contribution in [1.29, 1.82) is 0 Å². The molecule has 5 heteroatoms. The van der Waals surface area contributed by atoms with Crippen LogP contribution >= 0.6 is 0 Å². The van der Waals surface area contributed by atoms with Gasteiger partial charge in [-0.25, -0.2) is 0 Å². The van der Waals surface area contributed by atoms with Gasteiger partial charge in [0.15, 0.2) is 0 Å². The number of anilines is 1. The van der Waals surface area contributed by atoms with E-state index in [4.69, 9.17) is 4.74 Å². The van der Waals surface area contributed by atoms with Gasteiger partial charge in [0.1, 0.15) is 5.75 Å². The number of likely N-dealkylation sites (tertiary alicyclic amines) is 1. The molecule has 0 atom stereocenters. The van der Waals surface area contributed by atoms with Crippen LogP contribution in [0.1, 0.15) is 24.0 Å². The van der Waals surface area contributed by atoms with Crippen molar-refractivity contribution < 1.29 is 14.3 Å². The number of nitrogens with zero attached hydrogens (tertiary/aromatic N) is 1. The van der Waals surface area contributed by atoms with Crippen LogP contribution in [-0.2, 0) is 9.59 Å². The Labute approximate surface area is 166 Å². The molecule has 0 radical (unpaired) electrons. The maximum absolute atomic E-state index is 12.5. The van der Waals surface area contributed by atoms with Crippen LogP contribution < -0.4 is 10.1 Å². The monoisotopic (exact) mass is 378 g/mol. The molecule has 1 saturated heterocycles. The third-order valence-corrected chi connectivity index (χ3v) is 5.01. The Morgan fingerprint density at radius 1 is 1.11 bits per heavy atom. The Morgan fingerprint density at radius 3 is 2.50 bits per heavy atom. The summed E-state index contributed by atoms with van der Waals surface area (Å²) in [4.78, 5) is 26.7. The Hall–Kier alpha value is -3.08. The second-order valence-electron chi connectivity index (χ2n) is 7.03. The largest absolute Gasteiger partial charge is 0.496 e. The highest BCUT2D eigenvalue weighted by atomic mass is 16.5. The summed E-state index contributed by atoms with van der Waals surface area (Å²) in [6.45, 7) is 3.17. The lowest BCUT2D eigenvalue weighted by molar-refractivity contribution is -0.130. The molecule has 2 aromatic carbocycles. The van der Waals surface area contributed by atoms with E-state index < -0.39 is 0 Å². The lowest BCUT2D eigenvalue weighted by Crippen LogP contribution is -2.40. The molecule has 0 aromatic heterocycles. The van der Waals surface area contributed by atoms with Gasteiger partial charge in [-0.15, -0.1) is 0 Å². The van der Waals surface area contributed by atoms with Gasteiger partial charge < -0.3 is 15.0 Å². The van der Waals surface area contributed by atoms with E-state index >= 15 is 0 Å². The number of benzene rings is 2. The Balaban J connectivity index is 1.54. The zero-order valence-corrected chi connectivity index (χ0v) is 16.4. The van der Waals surface area contributed by atoms with Gasteiger partial charge >= 0.3 is 0 Å². The molecule has 0 unspecified atom stereocenters. The molecule has 1 heterocycles. The third kappa shape index (κ3) is 5.00. The zero-order valence-electron chi connectivity index (χ0n) is 16.4. The number of ether oxygens (including phenoxy) is 1. The van der Waals surface area contributed by atoms with E-state index in [0.29, 0.717) is 25.9 Å². The Bertz CT molecular complexity index is 853. The molecule has 2 aromatic rings. The van der Waals surface area contributed by atoms with E-state index in [2.05, 4.69) is 5.32 Å². The molecule has 28 heavy (non-hydrogen) atoms. The number of carbonyl (C=O) groups excluding carboxylic acids is 2. The number of hydrogen-bond acceptors (Lipinski definition) is 3. The number of nitrogens with one attached hydrogen (secondary N) is 1. The summed E-state index contributed by atoms with van der Waals surface area (Å²) in [7, 11) is 1.62. The minimum Gasteiger partial charge on any atom is -0.496 e. The van der Waals surface area contributed by atoms with E-state index in [-0.39, 0.29) is 17.7 Å². The third-order valence-electron chi connectivity index (χ3n) is 5.01. The minimum absolute atomic E-state index is 0.0262. The van der Waals surface area contributed by atoms with Gasteiger partial charge in [0.25, 0.3) is 0 Å². The number of amides is 2. The lowest BCUT2D eigenvalue weighted by atomic mass is 9.95. The van der Waals surface area contributed by atoms with Crippen LogP contribution in [0, 0.1) is 12.8 Å². The van der Waals surface area contributed by atoms with Gasteiger partial charge in [-0.2, -0.15) is 0 Å². The molecule has 5 nitrogen and oxygen atoms in total. The molecule has 3 rings (SSSR count). The van der Waals surface area contributed by atoms with E-state index in [1.165, 1.54) is 0 Å². The quantitative estimate of drug-likeness (QED) is 0.803. The average molecular weight is 378 g/mol. The molecule has 1 N–H and O–H groups in total. The number of hydrogen-bond donors (Lipinski definition) is 1. The summed E-state index contributed by atoms with van der Waals surface area (Å²) >= 11 is 0. The standard InChI is InChI=1S/C23H26N2O3/c1-17-8-10-21(28-2)19(16-17)9-11-22(26)25-14-12-18(13-15-25)23(27)24-20-6-4-3-5-7-20/h3-11,16,18H,12-15H2,1-2H3,(H,24,27). The fourth-order valence-corrected chi connectivity index (χ4v) is 3.38. The first-order valence-electron chi connectivity index (χ1n) is 9.54. The molecule has 0 bridgehead atoms. The number of aryl methyl sites for hydroxylation is 1. The molecule has 2 amide bonds. The van der Waals surface area contributed by atoms with Gasteiger partial charge in [-0.05, 0) is 50.1 Å². The Kier molecular flexibility index (Phi) is 6.48. The van der Waals surface area contributed by atoms with Crippen molar-refractivity contribution in [2.45, 2.75) is 19.8 Å². The maximum Gasteiger partial charge on any atom is 0.246 e. The predicted molar refractivity (Wildman–Crippen MR) is 111 cm³/mol. The van der Waals surface area contributed by atoms with Crippen LogP contribution in [0.3, 0.4) is 0 Å². The summed E-state index contributed by atoms with van der Waals surface area (Å²) in [6.07, 6.45) is 4.72. The summed E-state index contributed by atoms with van der Waals surface area (Å²) in [6, 6.07) is 15.3. The van der Waals surface area contributed by atoms with Gasteiger partial charge in [-0.3, -0.25) is 9.59 Å². The van der Waals surface area contributed by atoms with Crippen molar-refractivity contribution in [2.75, 3.05) is 25.5 Å². The summed E-state index contributed by atoms with van der Waals surface area (Å²) in [5.74, 6) is 0.667. The van der Waals surface area contributed by atoms with Crippen LogP contribution in [-0.4, -0.2) is 36.9 Å². The number of methoxy groups -OCH3 is 1. The fraction of sp³-hybridized carbons (Fsp3) is 0.304. The van der Waals surface area contributed by atoms with Crippen LogP contribution in [0.5, 0.6) is 5.75 Å². The van der Waals surface area contributed by atoms with Gasteiger partial charge in [-0.1, -0.05) is 29.8 Å². The maximum atomic E-state index is 12.5. The van der Waals surface area contributed by atoms with E-state index in [0.717, 1.165) is 22.6 Å². The molecule has 1 fully saturated rings. The van der Waals surface area contributed by atoms with Gasteiger partial charge in [0.2, 0.25) is 11.8 Å². The second-order valence-corrected chi connectivity index (χ2v) is 7.03. The molecule has 146 valence electrons. The highest BCUT2D eigenvalue weighted by molar-refractivity contribution is 5.94. The lowest BCUT2D eigenvalue weighted by Gasteiger charge is -2.30. The van der Waals surface area contributed by atoms with E-state index in [1.807, 2.05) is 55.5 Å². The van der Waals surface area contributed by atoms with Crippen molar-refractivity contribution in [3.8, 4) is 5.75 Å². The van der Waals surface area contributed by atoms with E-state index in [9.17, 15) is 9.59 Å². The summed E-state index contributed by atoms with van der Waals surface area (Å²) in [5.41, 5.74) is 2.80. The number of carbonyl (C=O) groups is 2. The normalized spacial score (nSPS) is 14.9. The van der Waals surface area contributed by atoms with Gasteiger partial charge in [0.05, 0.1) is 7.11 Å². The predicted octanol–water partition coefficient (Wildman–Crippen LogP) is 3.89. The van der Waals surface area contributed by atoms with Crippen molar-refractivity contribution >= 4 is 23.6 Å². The van der Waals surface area contributed by atoms with Crippen LogP contribution in [0.15, 0.2) is 54.6 Å². The average Bonchev–Trinajstić information content (AvgIpc) is 2.73. The molecule has 0 aliphatic carbocycles. The summed E-state index contributed by atoms with van der Waals surface area (Å²) in [5, 5.41) is 2.95. The van der Waals surface area contributed by atoms with Crippen molar-refractivity contribution in [3.05, 3.63) is 65.7 Å². The minimum atomic E-state index is -0.0647. The van der Waals surface area contributed by atoms with Gasteiger partial charge in [0, 0.05) is 36.3 Å². The second kappa shape index (κ2) is 9.22. The highest BCUT2D eigenvalue weighted by Gasteiger charge is 2.26. The first kappa shape index (κ1) is 19.7. The van der Waals surface area contributed by atoms with E-state index in [1.54, 1.807) is 24.2 Å². The topological polar surface area (TPSA) is 58.6 Å². The van der Waals surface area contributed by atoms with Crippen LogP contribution in [0.2, 0.25) is 0 Å². The molecule has 0 saturated carbocycles. The number of rotatable bonds is 5. The molecule has 0 spiro atoms. The first-order chi connectivity index (χ1) is 13.6.